The maximum atomic E-state index is 13.2. The number of aliphatic hydroxyl groups is 1. The molecule has 2 heterocycles. The number of aliphatic hydroxyl groups excluding tert-OH is 1. The van der Waals surface area contributed by atoms with Crippen LogP contribution in [-0.2, 0) is 5.75 Å². The molecule has 0 spiro atoms. The van der Waals surface area contributed by atoms with Crippen LogP contribution in [-0.4, -0.2) is 27.8 Å². The molecule has 0 atom stereocenters. The minimum atomic E-state index is -3.73. The lowest BCUT2D eigenvalue weighted by atomic mass is 9.97. The Hall–Kier alpha value is -3.24. The summed E-state index contributed by atoms with van der Waals surface area (Å²) in [4.78, 5) is 8.24. The SMILES string of the molecule is N#Cc1c(Cl)nc(SCc2cccnc2)c(C#N)c1-c1ccc(OC(F)(F)CO)cc1. The monoisotopic (exact) mass is 458 g/mol. The first-order valence-electron chi connectivity index (χ1n) is 8.72. The normalized spacial score (nSPS) is 10.9. The largest absolute Gasteiger partial charge is 0.431 e. The van der Waals surface area contributed by atoms with Crippen molar-refractivity contribution < 1.29 is 18.6 Å². The average Bonchev–Trinajstić information content (AvgIpc) is 2.78. The number of hydrogen-bond acceptors (Lipinski definition) is 7. The maximum Gasteiger partial charge on any atom is 0.421 e. The molecular formula is C21H13ClF2N4O2S. The topological polar surface area (TPSA) is 103 Å². The van der Waals surface area contributed by atoms with Gasteiger partial charge in [0.05, 0.1) is 11.1 Å². The number of ether oxygens (including phenoxy) is 1. The van der Waals surface area contributed by atoms with Crippen LogP contribution in [0.2, 0.25) is 5.15 Å². The molecule has 6 nitrogen and oxygen atoms in total. The van der Waals surface area contributed by atoms with Crippen LogP contribution in [0.3, 0.4) is 0 Å². The van der Waals surface area contributed by atoms with E-state index in [1.54, 1.807) is 18.5 Å². The van der Waals surface area contributed by atoms with Gasteiger partial charge in [-0.15, -0.1) is 11.8 Å². The van der Waals surface area contributed by atoms with Gasteiger partial charge < -0.3 is 9.84 Å². The van der Waals surface area contributed by atoms with Crippen molar-refractivity contribution in [3.05, 3.63) is 70.6 Å². The Morgan fingerprint density at radius 3 is 2.42 bits per heavy atom. The summed E-state index contributed by atoms with van der Waals surface area (Å²) in [5.41, 5.74) is 1.70. The zero-order valence-electron chi connectivity index (χ0n) is 15.7. The second-order valence-corrected chi connectivity index (χ2v) is 7.45. The Labute approximate surface area is 185 Å². The van der Waals surface area contributed by atoms with Gasteiger partial charge in [0.1, 0.15) is 34.7 Å². The Kier molecular flexibility index (Phi) is 7.03. The smallest absolute Gasteiger partial charge is 0.421 e. The summed E-state index contributed by atoms with van der Waals surface area (Å²) in [7, 11) is 0. The minimum Gasteiger partial charge on any atom is -0.431 e. The summed E-state index contributed by atoms with van der Waals surface area (Å²) >= 11 is 7.47. The highest BCUT2D eigenvalue weighted by Crippen LogP contribution is 2.38. The average molecular weight is 459 g/mol. The Morgan fingerprint density at radius 1 is 1.13 bits per heavy atom. The number of pyridine rings is 2. The van der Waals surface area contributed by atoms with Crippen LogP contribution in [0.25, 0.3) is 11.1 Å². The molecule has 0 amide bonds. The lowest BCUT2D eigenvalue weighted by molar-refractivity contribution is -0.200. The third-order valence-electron chi connectivity index (χ3n) is 4.04. The Balaban J connectivity index is 2.01. The van der Waals surface area contributed by atoms with Crippen molar-refractivity contribution >= 4 is 23.4 Å². The van der Waals surface area contributed by atoms with E-state index in [1.165, 1.54) is 36.0 Å². The fourth-order valence-corrected chi connectivity index (χ4v) is 3.86. The Morgan fingerprint density at radius 2 is 1.84 bits per heavy atom. The summed E-state index contributed by atoms with van der Waals surface area (Å²) in [5, 5.41) is 28.3. The highest BCUT2D eigenvalue weighted by molar-refractivity contribution is 7.98. The number of hydrogen-bond donors (Lipinski definition) is 1. The van der Waals surface area contributed by atoms with Gasteiger partial charge >= 0.3 is 6.11 Å². The summed E-state index contributed by atoms with van der Waals surface area (Å²) in [6.45, 7) is -1.47. The molecule has 156 valence electrons. The summed E-state index contributed by atoms with van der Waals surface area (Å²) < 4.78 is 30.9. The van der Waals surface area contributed by atoms with Gasteiger partial charge in [0.25, 0.3) is 0 Å². The van der Waals surface area contributed by atoms with Crippen LogP contribution >= 0.6 is 23.4 Å². The second-order valence-electron chi connectivity index (χ2n) is 6.13. The molecule has 0 aliphatic heterocycles. The molecular weight excluding hydrogens is 446 g/mol. The lowest BCUT2D eigenvalue weighted by Crippen LogP contribution is -2.28. The summed E-state index contributed by atoms with van der Waals surface area (Å²) in [6, 6.07) is 13.0. The molecule has 0 fully saturated rings. The summed E-state index contributed by atoms with van der Waals surface area (Å²) in [5.74, 6) is 0.284. The highest BCUT2D eigenvalue weighted by atomic mass is 35.5. The van der Waals surface area contributed by atoms with Gasteiger partial charge in [-0.05, 0) is 29.3 Å². The third kappa shape index (κ3) is 5.28. The van der Waals surface area contributed by atoms with Crippen LogP contribution in [0.1, 0.15) is 16.7 Å². The first-order chi connectivity index (χ1) is 14.9. The van der Waals surface area contributed by atoms with Gasteiger partial charge in [0.15, 0.2) is 0 Å². The number of aromatic nitrogens is 2. The standard InChI is InChI=1S/C21H13ClF2N4O2S/c22-19-16(8-25)18(14-3-5-15(6-4-14)30-21(23,24)12-29)17(9-26)20(28-19)31-11-13-2-1-7-27-10-13/h1-7,10,29H,11-12H2. The van der Waals surface area contributed by atoms with Gasteiger partial charge in [0.2, 0.25) is 0 Å². The predicted octanol–water partition coefficient (Wildman–Crippen LogP) is 4.80. The molecule has 10 heteroatoms. The molecule has 1 N–H and O–H groups in total. The van der Waals surface area contributed by atoms with E-state index in [9.17, 15) is 19.3 Å². The van der Waals surface area contributed by atoms with Crippen LogP contribution < -0.4 is 4.74 Å². The maximum absolute atomic E-state index is 13.2. The predicted molar refractivity (Wildman–Crippen MR) is 111 cm³/mol. The highest BCUT2D eigenvalue weighted by Gasteiger charge is 2.30. The van der Waals surface area contributed by atoms with Crippen molar-refractivity contribution in [2.45, 2.75) is 16.9 Å². The van der Waals surface area contributed by atoms with Gasteiger partial charge in [-0.1, -0.05) is 29.8 Å². The van der Waals surface area contributed by atoms with Crippen LogP contribution in [0.15, 0.2) is 53.8 Å². The number of rotatable bonds is 7. The van der Waals surface area contributed by atoms with Crippen LogP contribution in [0.4, 0.5) is 8.78 Å². The zero-order chi connectivity index (χ0) is 22.4. The molecule has 0 saturated carbocycles. The van der Waals surface area contributed by atoms with E-state index in [2.05, 4.69) is 20.8 Å². The van der Waals surface area contributed by atoms with Crippen molar-refractivity contribution in [2.75, 3.05) is 6.61 Å². The van der Waals surface area contributed by atoms with E-state index in [-0.39, 0.29) is 27.6 Å². The first kappa shape index (κ1) is 22.4. The van der Waals surface area contributed by atoms with Crippen molar-refractivity contribution in [3.8, 4) is 29.0 Å². The van der Waals surface area contributed by atoms with Crippen molar-refractivity contribution in [1.29, 1.82) is 10.5 Å². The van der Waals surface area contributed by atoms with Gasteiger partial charge in [-0.2, -0.15) is 19.3 Å². The molecule has 0 aliphatic rings. The molecule has 1 aromatic carbocycles. The van der Waals surface area contributed by atoms with Gasteiger partial charge in [0, 0.05) is 23.7 Å². The van der Waals surface area contributed by atoms with Crippen molar-refractivity contribution in [3.63, 3.8) is 0 Å². The van der Waals surface area contributed by atoms with Crippen molar-refractivity contribution in [1.82, 2.24) is 9.97 Å². The molecule has 0 saturated heterocycles. The quantitative estimate of drug-likeness (QED) is 0.400. The molecule has 31 heavy (non-hydrogen) atoms. The van der Waals surface area contributed by atoms with E-state index in [0.717, 1.165) is 5.56 Å². The zero-order valence-corrected chi connectivity index (χ0v) is 17.3. The molecule has 0 bridgehead atoms. The molecule has 0 unspecified atom stereocenters. The molecule has 2 aromatic heterocycles. The van der Waals surface area contributed by atoms with Crippen molar-refractivity contribution in [2.24, 2.45) is 0 Å². The number of nitrogens with zero attached hydrogens (tertiary/aromatic N) is 4. The van der Waals surface area contributed by atoms with Crippen LogP contribution in [0.5, 0.6) is 5.75 Å². The number of thioether (sulfide) groups is 1. The first-order valence-corrected chi connectivity index (χ1v) is 10.1. The fourth-order valence-electron chi connectivity index (χ4n) is 2.66. The Bertz CT molecular complexity index is 1160. The number of alkyl halides is 2. The van der Waals surface area contributed by atoms with Gasteiger partial charge in [-0.3, -0.25) is 4.98 Å². The summed E-state index contributed by atoms with van der Waals surface area (Å²) in [6.07, 6.45) is -0.396. The number of nitriles is 2. The second kappa shape index (κ2) is 9.71. The molecule has 3 rings (SSSR count). The van der Waals surface area contributed by atoms with Crippen LogP contribution in [0, 0.1) is 22.7 Å². The van der Waals surface area contributed by atoms with E-state index < -0.39 is 12.7 Å². The van der Waals surface area contributed by atoms with Gasteiger partial charge in [-0.25, -0.2) is 4.98 Å². The molecule has 3 aromatic rings. The number of benzene rings is 1. The molecule has 0 radical (unpaired) electrons. The van der Waals surface area contributed by atoms with E-state index in [0.29, 0.717) is 16.3 Å². The molecule has 0 aliphatic carbocycles. The fraction of sp³-hybridized carbons (Fsp3) is 0.143. The van der Waals surface area contributed by atoms with E-state index >= 15 is 0 Å². The van der Waals surface area contributed by atoms with E-state index in [1.807, 2.05) is 12.1 Å². The lowest BCUT2D eigenvalue weighted by Gasteiger charge is -2.16. The third-order valence-corrected chi connectivity index (χ3v) is 5.36. The number of halogens is 3. The minimum absolute atomic E-state index is 0.00157. The van der Waals surface area contributed by atoms with E-state index in [4.69, 9.17) is 16.7 Å².